The molecular formula is C18H28N8O. The Balaban J connectivity index is 1.48. The van der Waals surface area contributed by atoms with Gasteiger partial charge in [0.05, 0.1) is 17.6 Å². The van der Waals surface area contributed by atoms with Gasteiger partial charge >= 0.3 is 0 Å². The predicted octanol–water partition coefficient (Wildman–Crippen LogP) is 0.548. The molecule has 3 heterocycles. The lowest BCUT2D eigenvalue weighted by atomic mass is 10.3. The van der Waals surface area contributed by atoms with Crippen molar-refractivity contribution >= 4 is 17.6 Å². The van der Waals surface area contributed by atoms with E-state index in [0.717, 1.165) is 43.4 Å². The molecule has 3 rings (SSSR count). The third-order valence-electron chi connectivity index (χ3n) is 4.67. The van der Waals surface area contributed by atoms with Gasteiger partial charge in [-0.3, -0.25) is 19.2 Å². The number of carbonyl (C=O) groups excluding carboxylic acids is 1. The van der Waals surface area contributed by atoms with Crippen molar-refractivity contribution in [2.24, 2.45) is 12.0 Å². The van der Waals surface area contributed by atoms with Crippen molar-refractivity contribution in [1.82, 2.24) is 29.8 Å². The molecule has 1 aliphatic rings. The Kier molecular flexibility index (Phi) is 5.78. The van der Waals surface area contributed by atoms with E-state index in [1.165, 1.54) is 5.69 Å². The first-order valence-electron chi connectivity index (χ1n) is 9.23. The van der Waals surface area contributed by atoms with Gasteiger partial charge in [-0.1, -0.05) is 0 Å². The lowest BCUT2D eigenvalue weighted by molar-refractivity contribution is -0.120. The van der Waals surface area contributed by atoms with Crippen molar-refractivity contribution in [3.05, 3.63) is 29.8 Å². The van der Waals surface area contributed by atoms with Gasteiger partial charge in [-0.2, -0.15) is 10.2 Å². The molecule has 0 aliphatic carbocycles. The first-order chi connectivity index (χ1) is 13.0. The van der Waals surface area contributed by atoms with Crippen LogP contribution in [0.1, 0.15) is 17.8 Å². The number of rotatable bonds is 5. The Morgan fingerprint density at radius 1 is 1.33 bits per heavy atom. The number of aromatic nitrogens is 4. The lowest BCUT2D eigenvalue weighted by Gasteiger charge is -2.35. The van der Waals surface area contributed by atoms with Crippen LogP contribution in [-0.2, 0) is 18.4 Å². The summed E-state index contributed by atoms with van der Waals surface area (Å²) in [4.78, 5) is 20.7. The standard InChI is InChI=1S/C18H28N8O/c1-14-10-15(2)26(22-14)7-5-6-20-18(19-3)24-8-9-25(17(27)13-24)16-11-21-23(4)12-16/h10-12H,5-9,13H2,1-4H3,(H,19,20). The van der Waals surface area contributed by atoms with Crippen LogP contribution in [0.15, 0.2) is 23.5 Å². The molecule has 1 amide bonds. The molecule has 2 aromatic rings. The Morgan fingerprint density at radius 2 is 2.15 bits per heavy atom. The largest absolute Gasteiger partial charge is 0.356 e. The van der Waals surface area contributed by atoms with E-state index in [1.54, 1.807) is 22.8 Å². The molecule has 1 fully saturated rings. The van der Waals surface area contributed by atoms with Gasteiger partial charge < -0.3 is 15.1 Å². The minimum Gasteiger partial charge on any atom is -0.356 e. The molecule has 0 saturated carbocycles. The molecule has 146 valence electrons. The third kappa shape index (κ3) is 4.47. The maximum Gasteiger partial charge on any atom is 0.246 e. The van der Waals surface area contributed by atoms with E-state index in [4.69, 9.17) is 0 Å². The number of guanidine groups is 1. The summed E-state index contributed by atoms with van der Waals surface area (Å²) in [6, 6.07) is 2.08. The predicted molar refractivity (Wildman–Crippen MR) is 105 cm³/mol. The Morgan fingerprint density at radius 3 is 2.74 bits per heavy atom. The Labute approximate surface area is 159 Å². The van der Waals surface area contributed by atoms with E-state index >= 15 is 0 Å². The smallest absolute Gasteiger partial charge is 0.246 e. The van der Waals surface area contributed by atoms with E-state index in [0.29, 0.717) is 13.1 Å². The molecular weight excluding hydrogens is 344 g/mol. The fourth-order valence-electron chi connectivity index (χ4n) is 3.34. The zero-order chi connectivity index (χ0) is 19.4. The number of hydrogen-bond donors (Lipinski definition) is 1. The molecule has 0 unspecified atom stereocenters. The number of amides is 1. The molecule has 9 nitrogen and oxygen atoms in total. The molecule has 0 aromatic carbocycles. The van der Waals surface area contributed by atoms with Crippen LogP contribution in [-0.4, -0.2) is 69.6 Å². The topological polar surface area (TPSA) is 83.6 Å². The molecule has 0 bridgehead atoms. The van der Waals surface area contributed by atoms with Gasteiger partial charge in [0, 0.05) is 52.2 Å². The molecule has 0 radical (unpaired) electrons. The second-order valence-corrected chi connectivity index (χ2v) is 6.82. The van der Waals surface area contributed by atoms with E-state index in [-0.39, 0.29) is 5.91 Å². The number of piperazine rings is 1. The van der Waals surface area contributed by atoms with Crippen LogP contribution in [0.3, 0.4) is 0 Å². The molecule has 27 heavy (non-hydrogen) atoms. The fourth-order valence-corrected chi connectivity index (χ4v) is 3.34. The van der Waals surface area contributed by atoms with Crippen LogP contribution < -0.4 is 10.2 Å². The van der Waals surface area contributed by atoms with Crippen molar-refractivity contribution in [2.45, 2.75) is 26.8 Å². The molecule has 1 saturated heterocycles. The Bertz CT molecular complexity index is 821. The number of aryl methyl sites for hydroxylation is 4. The first kappa shape index (κ1) is 18.9. The zero-order valence-corrected chi connectivity index (χ0v) is 16.5. The van der Waals surface area contributed by atoms with Gasteiger partial charge in [0.1, 0.15) is 6.54 Å². The highest BCUT2D eigenvalue weighted by molar-refractivity contribution is 5.98. The quantitative estimate of drug-likeness (QED) is 0.471. The van der Waals surface area contributed by atoms with Crippen molar-refractivity contribution in [3.8, 4) is 0 Å². The minimum absolute atomic E-state index is 0.0554. The summed E-state index contributed by atoms with van der Waals surface area (Å²) in [7, 11) is 3.60. The van der Waals surface area contributed by atoms with Crippen LogP contribution in [0, 0.1) is 13.8 Å². The van der Waals surface area contributed by atoms with E-state index < -0.39 is 0 Å². The SMILES string of the molecule is CN=C(NCCCn1nc(C)cc1C)N1CCN(c2cnn(C)c2)C(=O)C1. The van der Waals surface area contributed by atoms with Crippen LogP contribution in [0.5, 0.6) is 0 Å². The fraction of sp³-hybridized carbons (Fsp3) is 0.556. The molecule has 1 aliphatic heterocycles. The summed E-state index contributed by atoms with van der Waals surface area (Å²) in [5.41, 5.74) is 3.06. The molecule has 2 aromatic heterocycles. The summed E-state index contributed by atoms with van der Waals surface area (Å²) in [5.74, 6) is 0.822. The normalized spacial score (nSPS) is 15.6. The second kappa shape index (κ2) is 8.24. The van der Waals surface area contributed by atoms with Crippen LogP contribution in [0.25, 0.3) is 0 Å². The highest BCUT2D eigenvalue weighted by atomic mass is 16.2. The third-order valence-corrected chi connectivity index (χ3v) is 4.67. The molecule has 9 heteroatoms. The van der Waals surface area contributed by atoms with Crippen LogP contribution >= 0.6 is 0 Å². The maximum atomic E-state index is 12.5. The number of nitrogens with one attached hydrogen (secondary N) is 1. The highest BCUT2D eigenvalue weighted by Gasteiger charge is 2.27. The van der Waals surface area contributed by atoms with Gasteiger partial charge in [0.15, 0.2) is 5.96 Å². The highest BCUT2D eigenvalue weighted by Crippen LogP contribution is 2.16. The number of carbonyl (C=O) groups is 1. The second-order valence-electron chi connectivity index (χ2n) is 6.82. The summed E-state index contributed by atoms with van der Waals surface area (Å²) < 4.78 is 3.73. The summed E-state index contributed by atoms with van der Waals surface area (Å²) in [6.45, 7) is 7.38. The zero-order valence-electron chi connectivity index (χ0n) is 16.5. The van der Waals surface area contributed by atoms with E-state index in [9.17, 15) is 4.79 Å². The molecule has 1 N–H and O–H groups in total. The van der Waals surface area contributed by atoms with Gasteiger partial charge in [-0.25, -0.2) is 0 Å². The number of aliphatic imine (C=N–C) groups is 1. The molecule has 0 atom stereocenters. The number of anilines is 1. The van der Waals surface area contributed by atoms with Crippen molar-refractivity contribution in [2.75, 3.05) is 38.1 Å². The van der Waals surface area contributed by atoms with Gasteiger partial charge in [0.25, 0.3) is 0 Å². The van der Waals surface area contributed by atoms with E-state index in [2.05, 4.69) is 33.5 Å². The monoisotopic (exact) mass is 372 g/mol. The summed E-state index contributed by atoms with van der Waals surface area (Å²) in [5, 5.41) is 12.0. The first-order valence-corrected chi connectivity index (χ1v) is 9.23. The van der Waals surface area contributed by atoms with Crippen molar-refractivity contribution in [3.63, 3.8) is 0 Å². The average molecular weight is 372 g/mol. The van der Waals surface area contributed by atoms with E-state index in [1.807, 2.05) is 29.7 Å². The number of hydrogen-bond acceptors (Lipinski definition) is 4. The van der Waals surface area contributed by atoms with Gasteiger partial charge in [-0.05, 0) is 26.3 Å². The number of nitrogens with zero attached hydrogens (tertiary/aromatic N) is 7. The van der Waals surface area contributed by atoms with Crippen LogP contribution in [0.4, 0.5) is 5.69 Å². The minimum atomic E-state index is 0.0554. The lowest BCUT2D eigenvalue weighted by Crippen LogP contribution is -2.55. The summed E-state index contributed by atoms with van der Waals surface area (Å²) >= 11 is 0. The average Bonchev–Trinajstić information content (AvgIpc) is 3.20. The summed E-state index contributed by atoms with van der Waals surface area (Å²) in [6.07, 6.45) is 4.52. The molecule has 0 spiro atoms. The Hall–Kier alpha value is -2.84. The van der Waals surface area contributed by atoms with Gasteiger partial charge in [0.2, 0.25) is 5.91 Å². The van der Waals surface area contributed by atoms with Crippen LogP contribution in [0.2, 0.25) is 0 Å². The van der Waals surface area contributed by atoms with Crippen molar-refractivity contribution in [1.29, 1.82) is 0 Å². The van der Waals surface area contributed by atoms with Gasteiger partial charge in [-0.15, -0.1) is 0 Å². The maximum absolute atomic E-state index is 12.5. The van der Waals surface area contributed by atoms with Crippen molar-refractivity contribution < 1.29 is 4.79 Å².